The van der Waals surface area contributed by atoms with Crippen LogP contribution < -0.4 is 10.6 Å². The van der Waals surface area contributed by atoms with Crippen molar-refractivity contribution < 1.29 is 5.11 Å². The van der Waals surface area contributed by atoms with Gasteiger partial charge >= 0.3 is 0 Å². The van der Waals surface area contributed by atoms with Crippen LogP contribution in [0, 0.1) is 5.41 Å². The molecule has 3 rings (SSSR count). The number of rotatable bonds is 6. The van der Waals surface area contributed by atoms with Crippen molar-refractivity contribution in [1.29, 1.82) is 0 Å². The highest BCUT2D eigenvalue weighted by Gasteiger charge is 2.41. The lowest BCUT2D eigenvalue weighted by molar-refractivity contribution is 0.219. The summed E-state index contributed by atoms with van der Waals surface area (Å²) in [7, 11) is 1.83. The molecule has 6 heteroatoms. The summed E-state index contributed by atoms with van der Waals surface area (Å²) in [5, 5.41) is 16.9. The zero-order valence-electron chi connectivity index (χ0n) is 11.9. The molecule has 2 aromatic rings. The summed E-state index contributed by atoms with van der Waals surface area (Å²) in [6.07, 6.45) is 3.19. The first-order chi connectivity index (χ1) is 9.69. The highest BCUT2D eigenvalue weighted by atomic mass is 32.1. The van der Waals surface area contributed by atoms with Gasteiger partial charge in [-0.2, -0.15) is 4.98 Å². The molecule has 0 unspecified atom stereocenters. The molecule has 5 nitrogen and oxygen atoms in total. The topological polar surface area (TPSA) is 70.1 Å². The highest BCUT2D eigenvalue weighted by Crippen LogP contribution is 2.45. The normalized spacial score (nSPS) is 16.4. The second kappa shape index (κ2) is 5.18. The molecule has 0 aliphatic heterocycles. The van der Waals surface area contributed by atoms with E-state index in [4.69, 9.17) is 0 Å². The molecule has 108 valence electrons. The molecule has 3 N–H and O–H groups in total. The number of nitrogens with one attached hydrogen (secondary N) is 2. The van der Waals surface area contributed by atoms with E-state index in [1.807, 2.05) is 7.05 Å². The van der Waals surface area contributed by atoms with E-state index in [1.54, 1.807) is 11.3 Å². The Kier molecular flexibility index (Phi) is 3.52. The average Bonchev–Trinajstić information content (AvgIpc) is 3.14. The number of anilines is 2. The van der Waals surface area contributed by atoms with Crippen molar-refractivity contribution in [2.45, 2.75) is 26.2 Å². The summed E-state index contributed by atoms with van der Waals surface area (Å²) in [4.78, 5) is 11.4. The van der Waals surface area contributed by atoms with Gasteiger partial charge in [0.2, 0.25) is 5.95 Å². The first-order valence-corrected chi connectivity index (χ1v) is 7.84. The monoisotopic (exact) mass is 292 g/mol. The van der Waals surface area contributed by atoms with E-state index in [9.17, 15) is 5.11 Å². The van der Waals surface area contributed by atoms with Crippen molar-refractivity contribution in [3.63, 3.8) is 0 Å². The van der Waals surface area contributed by atoms with Gasteiger partial charge in [0.25, 0.3) is 0 Å². The summed E-state index contributed by atoms with van der Waals surface area (Å²) in [5.41, 5.74) is 0.0701. The fourth-order valence-corrected chi connectivity index (χ4v) is 3.20. The fraction of sp³-hybridized carbons (Fsp3) is 0.571. The van der Waals surface area contributed by atoms with E-state index in [-0.39, 0.29) is 12.0 Å². The van der Waals surface area contributed by atoms with Crippen LogP contribution in [0.1, 0.15) is 24.6 Å². The molecule has 0 atom stereocenters. The number of nitrogens with zero attached hydrogens (tertiary/aromatic N) is 2. The molecular formula is C14H20N4OS. The summed E-state index contributed by atoms with van der Waals surface area (Å²) in [6, 6.07) is 2.17. The van der Waals surface area contributed by atoms with Gasteiger partial charge in [0.15, 0.2) is 0 Å². The Bertz CT molecular complexity index is 621. The third-order valence-electron chi connectivity index (χ3n) is 3.94. The summed E-state index contributed by atoms with van der Waals surface area (Å²) in [6.45, 7) is 3.17. The lowest BCUT2D eigenvalue weighted by Crippen LogP contribution is -2.19. The SMILES string of the molecule is CCc1cc2c(NCC3(CO)CC3)nc(NC)nc2s1. The molecule has 0 spiro atoms. The first-order valence-electron chi connectivity index (χ1n) is 7.02. The Morgan fingerprint density at radius 1 is 1.40 bits per heavy atom. The first kappa shape index (κ1) is 13.6. The van der Waals surface area contributed by atoms with Crippen LogP contribution in [0.3, 0.4) is 0 Å². The van der Waals surface area contributed by atoms with Gasteiger partial charge in [-0.05, 0) is 25.3 Å². The van der Waals surface area contributed by atoms with Crippen molar-refractivity contribution >= 4 is 33.3 Å². The van der Waals surface area contributed by atoms with Crippen LogP contribution in [0.25, 0.3) is 10.2 Å². The van der Waals surface area contributed by atoms with Gasteiger partial charge in [-0.25, -0.2) is 4.98 Å². The number of aromatic nitrogens is 2. The van der Waals surface area contributed by atoms with E-state index < -0.39 is 0 Å². The molecule has 1 aliphatic rings. The Morgan fingerprint density at radius 3 is 2.80 bits per heavy atom. The zero-order valence-corrected chi connectivity index (χ0v) is 12.7. The van der Waals surface area contributed by atoms with E-state index >= 15 is 0 Å². The predicted molar refractivity (Wildman–Crippen MR) is 83.6 cm³/mol. The molecule has 2 aromatic heterocycles. The highest BCUT2D eigenvalue weighted by molar-refractivity contribution is 7.18. The Hall–Kier alpha value is -1.40. The second-order valence-electron chi connectivity index (χ2n) is 5.44. The van der Waals surface area contributed by atoms with Gasteiger partial charge in [0, 0.05) is 23.9 Å². The summed E-state index contributed by atoms with van der Waals surface area (Å²) >= 11 is 1.72. The van der Waals surface area contributed by atoms with Gasteiger partial charge in [-0.3, -0.25) is 0 Å². The molecule has 1 saturated carbocycles. The van der Waals surface area contributed by atoms with Crippen molar-refractivity contribution in [1.82, 2.24) is 9.97 Å². The molecule has 0 aromatic carbocycles. The fourth-order valence-electron chi connectivity index (χ4n) is 2.23. The Labute approximate surface area is 122 Å². The molecule has 0 radical (unpaired) electrons. The average molecular weight is 292 g/mol. The number of hydrogen-bond acceptors (Lipinski definition) is 6. The van der Waals surface area contributed by atoms with Crippen molar-refractivity contribution in [3.05, 3.63) is 10.9 Å². The Balaban J connectivity index is 1.92. The van der Waals surface area contributed by atoms with Crippen molar-refractivity contribution in [2.24, 2.45) is 5.41 Å². The van der Waals surface area contributed by atoms with Gasteiger partial charge < -0.3 is 15.7 Å². The zero-order chi connectivity index (χ0) is 14.2. The molecule has 0 bridgehead atoms. The number of hydrogen-bond donors (Lipinski definition) is 3. The van der Waals surface area contributed by atoms with E-state index in [0.717, 1.165) is 41.8 Å². The minimum absolute atomic E-state index is 0.0701. The molecular weight excluding hydrogens is 272 g/mol. The van der Waals surface area contributed by atoms with Crippen LogP contribution in [-0.4, -0.2) is 35.3 Å². The van der Waals surface area contributed by atoms with Gasteiger partial charge in [-0.15, -0.1) is 11.3 Å². The maximum Gasteiger partial charge on any atom is 0.225 e. The van der Waals surface area contributed by atoms with Crippen LogP contribution in [0.4, 0.5) is 11.8 Å². The number of thiophene rings is 1. The maximum absolute atomic E-state index is 9.41. The third kappa shape index (κ3) is 2.45. The largest absolute Gasteiger partial charge is 0.396 e. The lowest BCUT2D eigenvalue weighted by Gasteiger charge is -2.14. The minimum atomic E-state index is 0.0701. The summed E-state index contributed by atoms with van der Waals surface area (Å²) in [5.74, 6) is 1.51. The lowest BCUT2D eigenvalue weighted by atomic mass is 10.1. The molecule has 1 aliphatic carbocycles. The molecule has 20 heavy (non-hydrogen) atoms. The van der Waals surface area contributed by atoms with Crippen LogP contribution in [0.15, 0.2) is 6.07 Å². The minimum Gasteiger partial charge on any atom is -0.396 e. The molecule has 0 amide bonds. The number of aliphatic hydroxyl groups is 1. The van der Waals surface area contributed by atoms with Gasteiger partial charge in [0.05, 0.1) is 12.0 Å². The standard InChI is InChI=1S/C14H20N4OS/c1-3-9-6-10-11(16-7-14(8-19)4-5-14)17-13(15-2)18-12(10)20-9/h6,19H,3-5,7-8H2,1-2H3,(H2,15,16,17,18). The van der Waals surface area contributed by atoms with Crippen molar-refractivity contribution in [3.8, 4) is 0 Å². The predicted octanol–water partition coefficient (Wildman–Crippen LogP) is 2.48. The molecule has 2 heterocycles. The van der Waals surface area contributed by atoms with Crippen LogP contribution in [-0.2, 0) is 6.42 Å². The number of aryl methyl sites for hydroxylation is 1. The smallest absolute Gasteiger partial charge is 0.225 e. The van der Waals surface area contributed by atoms with Gasteiger partial charge in [0.1, 0.15) is 10.6 Å². The van der Waals surface area contributed by atoms with E-state index in [2.05, 4.69) is 33.6 Å². The third-order valence-corrected chi connectivity index (χ3v) is 5.11. The molecule has 0 saturated heterocycles. The maximum atomic E-state index is 9.41. The van der Waals surface area contributed by atoms with Gasteiger partial charge in [-0.1, -0.05) is 6.92 Å². The quantitative estimate of drug-likeness (QED) is 0.763. The Morgan fingerprint density at radius 2 is 2.20 bits per heavy atom. The van der Waals surface area contributed by atoms with Crippen LogP contribution >= 0.6 is 11.3 Å². The van der Waals surface area contributed by atoms with Crippen molar-refractivity contribution in [2.75, 3.05) is 30.8 Å². The second-order valence-corrected chi connectivity index (χ2v) is 6.56. The summed E-state index contributed by atoms with van der Waals surface area (Å²) < 4.78 is 0. The number of aliphatic hydroxyl groups excluding tert-OH is 1. The van der Waals surface area contributed by atoms with E-state index in [0.29, 0.717) is 5.95 Å². The van der Waals surface area contributed by atoms with Crippen LogP contribution in [0.5, 0.6) is 0 Å². The number of fused-ring (bicyclic) bond motifs is 1. The molecule has 1 fully saturated rings. The van der Waals surface area contributed by atoms with E-state index in [1.165, 1.54) is 4.88 Å². The van der Waals surface area contributed by atoms with Crippen LogP contribution in [0.2, 0.25) is 0 Å².